The summed E-state index contributed by atoms with van der Waals surface area (Å²) in [7, 11) is -0.357. The molecule has 1 saturated carbocycles. The molecular weight excluding hydrogens is 301 g/mol. The number of carbonyl (C=O) groups excluding carboxylic acids is 1. The van der Waals surface area contributed by atoms with Crippen molar-refractivity contribution in [2.45, 2.75) is 65.2 Å². The molecule has 2 aliphatic rings. The molecule has 24 heavy (non-hydrogen) atoms. The Morgan fingerprint density at radius 1 is 1.21 bits per heavy atom. The van der Waals surface area contributed by atoms with Crippen molar-refractivity contribution >= 4 is 18.5 Å². The smallest absolute Gasteiger partial charge is 0.399 e. The molecule has 0 unspecified atom stereocenters. The second-order valence-electron chi connectivity index (χ2n) is 7.96. The largest absolute Gasteiger partial charge is 0.494 e. The number of hydrogen-bond acceptors (Lipinski definition) is 3. The Hall–Kier alpha value is -1.33. The zero-order chi connectivity index (χ0) is 17.5. The molecule has 0 spiro atoms. The minimum atomic E-state index is -0.357. The molecule has 1 saturated heterocycles. The summed E-state index contributed by atoms with van der Waals surface area (Å²) in [6.07, 6.45) is 2.09. The van der Waals surface area contributed by atoms with E-state index in [0.717, 1.165) is 30.4 Å². The number of benzene rings is 1. The van der Waals surface area contributed by atoms with E-state index in [1.165, 1.54) is 0 Å². The van der Waals surface area contributed by atoms with Gasteiger partial charge in [0.05, 0.1) is 11.2 Å². The van der Waals surface area contributed by atoms with Crippen LogP contribution in [0.1, 0.15) is 53.0 Å². The quantitative estimate of drug-likeness (QED) is 0.780. The molecular formula is C19H28BNO3. The van der Waals surface area contributed by atoms with Gasteiger partial charge in [-0.25, -0.2) is 0 Å². The van der Waals surface area contributed by atoms with E-state index in [-0.39, 0.29) is 24.2 Å². The number of amides is 1. The van der Waals surface area contributed by atoms with Crippen LogP contribution in [0.5, 0.6) is 0 Å². The average molecular weight is 329 g/mol. The van der Waals surface area contributed by atoms with Gasteiger partial charge in [0.1, 0.15) is 0 Å². The van der Waals surface area contributed by atoms with E-state index in [0.29, 0.717) is 12.5 Å². The van der Waals surface area contributed by atoms with Gasteiger partial charge in [-0.1, -0.05) is 24.3 Å². The van der Waals surface area contributed by atoms with Crippen molar-refractivity contribution in [3.63, 3.8) is 0 Å². The highest BCUT2D eigenvalue weighted by Crippen LogP contribution is 2.36. The van der Waals surface area contributed by atoms with Crippen molar-refractivity contribution in [2.75, 3.05) is 6.54 Å². The highest BCUT2D eigenvalue weighted by molar-refractivity contribution is 6.62. The van der Waals surface area contributed by atoms with Gasteiger partial charge >= 0.3 is 7.12 Å². The van der Waals surface area contributed by atoms with Crippen molar-refractivity contribution in [3.05, 3.63) is 29.8 Å². The van der Waals surface area contributed by atoms with E-state index in [9.17, 15) is 4.79 Å². The third kappa shape index (κ3) is 3.38. The zero-order valence-corrected chi connectivity index (χ0v) is 15.5. The maximum atomic E-state index is 12.3. The van der Waals surface area contributed by atoms with Crippen LogP contribution in [0.25, 0.3) is 0 Å². The summed E-state index contributed by atoms with van der Waals surface area (Å²) in [6, 6.07) is 8.22. The molecule has 1 aliphatic heterocycles. The van der Waals surface area contributed by atoms with Gasteiger partial charge in [0.25, 0.3) is 0 Å². The average Bonchev–Trinajstić information content (AvgIpc) is 3.32. The predicted molar refractivity (Wildman–Crippen MR) is 96.0 cm³/mol. The van der Waals surface area contributed by atoms with E-state index < -0.39 is 0 Å². The summed E-state index contributed by atoms with van der Waals surface area (Å²) in [4.78, 5) is 14.3. The van der Waals surface area contributed by atoms with Gasteiger partial charge in [-0.3, -0.25) is 4.79 Å². The summed E-state index contributed by atoms with van der Waals surface area (Å²) in [5.74, 6) is 0.551. The second-order valence-corrected chi connectivity index (χ2v) is 7.96. The fourth-order valence-corrected chi connectivity index (χ4v) is 2.97. The van der Waals surface area contributed by atoms with Crippen LogP contribution in [0.3, 0.4) is 0 Å². The number of carbonyl (C=O) groups is 1. The van der Waals surface area contributed by atoms with Gasteiger partial charge in [-0.15, -0.1) is 0 Å². The van der Waals surface area contributed by atoms with Gasteiger partial charge in [-0.05, 0) is 58.5 Å². The minimum Gasteiger partial charge on any atom is -0.399 e. The molecule has 5 heteroatoms. The summed E-state index contributed by atoms with van der Waals surface area (Å²) >= 11 is 0. The SMILES string of the molecule is CCN(Cc1cccc(B2OC(C)(C)C(C)(C)O2)c1)C(=O)C1CC1. The van der Waals surface area contributed by atoms with Crippen LogP contribution in [0.15, 0.2) is 24.3 Å². The van der Waals surface area contributed by atoms with Gasteiger partial charge in [-0.2, -0.15) is 0 Å². The third-order valence-corrected chi connectivity index (χ3v) is 5.47. The molecule has 1 heterocycles. The molecule has 1 aromatic carbocycles. The molecule has 0 bridgehead atoms. The van der Waals surface area contributed by atoms with E-state index in [1.54, 1.807) is 0 Å². The highest BCUT2D eigenvalue weighted by Gasteiger charge is 2.51. The van der Waals surface area contributed by atoms with Crippen LogP contribution in [-0.2, 0) is 20.6 Å². The standard InChI is InChI=1S/C19H28BNO3/c1-6-21(17(22)15-10-11-15)13-14-8-7-9-16(12-14)20-23-18(2,3)19(4,5)24-20/h7-9,12,15H,6,10-11,13H2,1-5H3. The normalized spacial score (nSPS) is 21.8. The monoisotopic (exact) mass is 329 g/mol. The van der Waals surface area contributed by atoms with Crippen LogP contribution in [0.4, 0.5) is 0 Å². The fraction of sp³-hybridized carbons (Fsp3) is 0.632. The lowest BCUT2D eigenvalue weighted by Crippen LogP contribution is -2.41. The Morgan fingerprint density at radius 3 is 2.38 bits per heavy atom. The third-order valence-electron chi connectivity index (χ3n) is 5.47. The van der Waals surface area contributed by atoms with Crippen LogP contribution in [-0.4, -0.2) is 35.7 Å². The highest BCUT2D eigenvalue weighted by atomic mass is 16.7. The lowest BCUT2D eigenvalue weighted by atomic mass is 9.78. The molecule has 0 radical (unpaired) electrons. The van der Waals surface area contributed by atoms with Crippen LogP contribution in [0.2, 0.25) is 0 Å². The first-order valence-electron chi connectivity index (χ1n) is 8.97. The van der Waals surface area contributed by atoms with Crippen molar-refractivity contribution in [1.29, 1.82) is 0 Å². The number of rotatable bonds is 5. The molecule has 3 rings (SSSR count). The summed E-state index contributed by atoms with van der Waals surface area (Å²) in [5.41, 5.74) is 1.45. The van der Waals surface area contributed by atoms with E-state index >= 15 is 0 Å². The molecule has 1 aromatic rings. The first-order valence-corrected chi connectivity index (χ1v) is 8.97. The Balaban J connectivity index is 1.74. The maximum absolute atomic E-state index is 12.3. The molecule has 0 N–H and O–H groups in total. The Kier molecular flexibility index (Phi) is 4.52. The van der Waals surface area contributed by atoms with E-state index in [4.69, 9.17) is 9.31 Å². The zero-order valence-electron chi connectivity index (χ0n) is 15.5. The van der Waals surface area contributed by atoms with Gasteiger partial charge in [0, 0.05) is 19.0 Å². The number of nitrogens with zero attached hydrogens (tertiary/aromatic N) is 1. The predicted octanol–water partition coefficient (Wildman–Crippen LogP) is 2.74. The van der Waals surface area contributed by atoms with E-state index in [1.807, 2.05) is 24.0 Å². The molecule has 130 valence electrons. The molecule has 1 amide bonds. The van der Waals surface area contributed by atoms with Crippen molar-refractivity contribution in [1.82, 2.24) is 4.90 Å². The summed E-state index contributed by atoms with van der Waals surface area (Å²) in [6.45, 7) is 11.7. The fourth-order valence-electron chi connectivity index (χ4n) is 2.97. The Labute approximate surface area is 145 Å². The molecule has 4 nitrogen and oxygen atoms in total. The molecule has 0 atom stereocenters. The summed E-state index contributed by atoms with van der Waals surface area (Å²) < 4.78 is 12.3. The minimum absolute atomic E-state index is 0.260. The van der Waals surface area contributed by atoms with Crippen molar-refractivity contribution in [2.24, 2.45) is 5.92 Å². The Morgan fingerprint density at radius 2 is 1.83 bits per heavy atom. The van der Waals surface area contributed by atoms with Crippen LogP contribution >= 0.6 is 0 Å². The molecule has 2 fully saturated rings. The number of hydrogen-bond donors (Lipinski definition) is 0. The lowest BCUT2D eigenvalue weighted by Gasteiger charge is -2.32. The van der Waals surface area contributed by atoms with Crippen molar-refractivity contribution in [3.8, 4) is 0 Å². The van der Waals surface area contributed by atoms with Gasteiger partial charge < -0.3 is 14.2 Å². The summed E-state index contributed by atoms with van der Waals surface area (Å²) in [5, 5.41) is 0. The Bertz CT molecular complexity index is 609. The van der Waals surface area contributed by atoms with Gasteiger partial charge in [0.15, 0.2) is 0 Å². The first-order chi connectivity index (χ1) is 11.2. The van der Waals surface area contributed by atoms with Crippen molar-refractivity contribution < 1.29 is 14.1 Å². The maximum Gasteiger partial charge on any atom is 0.494 e. The van der Waals surface area contributed by atoms with E-state index in [2.05, 4.69) is 39.8 Å². The molecule has 0 aromatic heterocycles. The van der Waals surface area contributed by atoms with Crippen LogP contribution in [0, 0.1) is 5.92 Å². The molecule has 1 aliphatic carbocycles. The topological polar surface area (TPSA) is 38.8 Å². The second kappa shape index (κ2) is 6.19. The lowest BCUT2D eigenvalue weighted by molar-refractivity contribution is -0.132. The first kappa shape index (κ1) is 17.5. The van der Waals surface area contributed by atoms with Crippen LogP contribution < -0.4 is 5.46 Å². The van der Waals surface area contributed by atoms with Gasteiger partial charge in [0.2, 0.25) is 5.91 Å².